The number of halogens is 1. The summed E-state index contributed by atoms with van der Waals surface area (Å²) in [6.45, 7) is 1.97. The molecule has 0 saturated heterocycles. The molecule has 1 fully saturated rings. The van der Waals surface area contributed by atoms with Crippen molar-refractivity contribution in [2.75, 3.05) is 5.32 Å². The number of nitrogens with one attached hydrogen (secondary N) is 2. The summed E-state index contributed by atoms with van der Waals surface area (Å²) in [7, 11) is 0. The fraction of sp³-hybridized carbons (Fsp3) is 0.227. The van der Waals surface area contributed by atoms with E-state index >= 15 is 0 Å². The third kappa shape index (κ3) is 3.94. The van der Waals surface area contributed by atoms with Crippen LogP contribution in [0.4, 0.5) is 10.2 Å². The Kier molecular flexibility index (Phi) is 4.58. The first-order valence-electron chi connectivity index (χ1n) is 10.0. The van der Waals surface area contributed by atoms with E-state index in [0.717, 1.165) is 18.4 Å². The molecule has 0 amide bonds. The van der Waals surface area contributed by atoms with E-state index in [4.69, 9.17) is 9.98 Å². The second kappa shape index (κ2) is 7.42. The molecule has 4 N–H and O–H groups in total. The van der Waals surface area contributed by atoms with Crippen LogP contribution in [-0.2, 0) is 0 Å². The van der Waals surface area contributed by atoms with E-state index in [2.05, 4.69) is 15.4 Å². The minimum Gasteiger partial charge on any atom is -0.494 e. The quantitative estimate of drug-likeness (QED) is 0.396. The van der Waals surface area contributed by atoms with Crippen LogP contribution in [-0.4, -0.2) is 35.8 Å². The summed E-state index contributed by atoms with van der Waals surface area (Å²) in [5.74, 6) is 0.0616. The zero-order valence-corrected chi connectivity index (χ0v) is 16.7. The number of hydrogen-bond donors (Lipinski definition) is 4. The molecule has 1 saturated carbocycles. The molecular weight excluding hydrogens is 399 g/mol. The van der Waals surface area contributed by atoms with Crippen molar-refractivity contribution in [1.29, 1.82) is 0 Å². The summed E-state index contributed by atoms with van der Waals surface area (Å²) < 4.78 is 14.9. The Labute approximate surface area is 176 Å². The number of aromatic amines is 1. The van der Waals surface area contributed by atoms with Crippen molar-refractivity contribution >= 4 is 17.5 Å². The van der Waals surface area contributed by atoms with Gasteiger partial charge in [0.05, 0.1) is 12.2 Å². The van der Waals surface area contributed by atoms with Gasteiger partial charge >= 0.3 is 0 Å². The van der Waals surface area contributed by atoms with Gasteiger partial charge in [-0.05, 0) is 43.5 Å². The summed E-state index contributed by atoms with van der Waals surface area (Å²) in [6.07, 6.45) is 5.44. The molecule has 1 aromatic carbocycles. The number of anilines is 1. The van der Waals surface area contributed by atoms with Gasteiger partial charge in [-0.2, -0.15) is 9.61 Å². The molecule has 0 unspecified atom stereocenters. The van der Waals surface area contributed by atoms with Crippen molar-refractivity contribution in [3.05, 3.63) is 70.2 Å². The lowest BCUT2D eigenvalue weighted by atomic mass is 10.1. The molecule has 1 aliphatic rings. The summed E-state index contributed by atoms with van der Waals surface area (Å²) in [5.41, 5.74) is 2.60. The highest BCUT2D eigenvalue weighted by atomic mass is 19.1. The summed E-state index contributed by atoms with van der Waals surface area (Å²) in [4.78, 5) is 11.9. The van der Waals surface area contributed by atoms with Gasteiger partial charge in [0.1, 0.15) is 11.6 Å². The average molecular weight is 420 g/mol. The third-order valence-electron chi connectivity index (χ3n) is 5.20. The van der Waals surface area contributed by atoms with Gasteiger partial charge in [0.15, 0.2) is 22.9 Å². The maximum Gasteiger partial charge on any atom is 0.198 e. The van der Waals surface area contributed by atoms with Crippen LogP contribution in [0.5, 0.6) is 11.8 Å². The van der Waals surface area contributed by atoms with E-state index < -0.39 is 0 Å². The van der Waals surface area contributed by atoms with E-state index in [9.17, 15) is 14.6 Å². The second-order valence-corrected chi connectivity index (χ2v) is 7.72. The topological polar surface area (TPSA) is 111 Å². The first kappa shape index (κ1) is 19.1. The number of rotatable bonds is 5. The Morgan fingerprint density at radius 2 is 2.03 bits per heavy atom. The predicted molar refractivity (Wildman–Crippen MR) is 113 cm³/mol. The molecule has 31 heavy (non-hydrogen) atoms. The van der Waals surface area contributed by atoms with Crippen LogP contribution in [0.25, 0.3) is 11.7 Å². The van der Waals surface area contributed by atoms with Crippen molar-refractivity contribution in [2.45, 2.75) is 31.8 Å². The van der Waals surface area contributed by atoms with Crippen LogP contribution < -0.4 is 16.0 Å². The van der Waals surface area contributed by atoms with Crippen molar-refractivity contribution in [1.82, 2.24) is 19.6 Å². The molecule has 3 aromatic heterocycles. The first-order chi connectivity index (χ1) is 15.0. The zero-order chi connectivity index (χ0) is 21.5. The average Bonchev–Trinajstić information content (AvgIpc) is 3.37. The first-order valence-corrected chi connectivity index (χ1v) is 10.0. The Hall–Kier alpha value is -3.88. The van der Waals surface area contributed by atoms with Crippen molar-refractivity contribution in [3.8, 4) is 11.8 Å². The van der Waals surface area contributed by atoms with Gasteiger partial charge in [-0.25, -0.2) is 9.37 Å². The maximum absolute atomic E-state index is 13.3. The van der Waals surface area contributed by atoms with Gasteiger partial charge in [0.2, 0.25) is 0 Å². The SMILES string of the molecule is C[C@H](Nc1cc(=NC2CC2)n2ncc(=Cc3cc(O)[nH]c3O)c2n1)c1ccc(F)cc1. The van der Waals surface area contributed by atoms with E-state index in [0.29, 0.717) is 27.7 Å². The van der Waals surface area contributed by atoms with Crippen molar-refractivity contribution in [3.63, 3.8) is 0 Å². The molecule has 3 heterocycles. The van der Waals surface area contributed by atoms with E-state index in [1.54, 1.807) is 28.9 Å². The molecule has 8 nitrogen and oxygen atoms in total. The Balaban J connectivity index is 1.60. The lowest BCUT2D eigenvalue weighted by Gasteiger charge is -2.15. The van der Waals surface area contributed by atoms with Gasteiger partial charge in [-0.15, -0.1) is 0 Å². The van der Waals surface area contributed by atoms with Gasteiger partial charge in [-0.1, -0.05) is 12.1 Å². The molecule has 0 radical (unpaired) electrons. The van der Waals surface area contributed by atoms with Crippen LogP contribution in [0, 0.1) is 5.82 Å². The van der Waals surface area contributed by atoms with Gasteiger partial charge in [-0.3, -0.25) is 9.98 Å². The molecule has 0 aliphatic heterocycles. The molecule has 0 bridgehead atoms. The highest BCUT2D eigenvalue weighted by molar-refractivity contribution is 5.62. The number of hydrogen-bond acceptors (Lipinski definition) is 6. The third-order valence-corrected chi connectivity index (χ3v) is 5.20. The summed E-state index contributed by atoms with van der Waals surface area (Å²) >= 11 is 0. The number of fused-ring (bicyclic) bond motifs is 1. The minimum absolute atomic E-state index is 0.106. The molecule has 4 aromatic rings. The number of aromatic nitrogens is 4. The Bertz CT molecular complexity index is 1370. The fourth-order valence-electron chi connectivity index (χ4n) is 3.40. The van der Waals surface area contributed by atoms with Crippen LogP contribution in [0.2, 0.25) is 0 Å². The largest absolute Gasteiger partial charge is 0.494 e. The second-order valence-electron chi connectivity index (χ2n) is 7.72. The monoisotopic (exact) mass is 420 g/mol. The highest BCUT2D eigenvalue weighted by Crippen LogP contribution is 2.23. The van der Waals surface area contributed by atoms with Crippen LogP contribution >= 0.6 is 0 Å². The Morgan fingerprint density at radius 3 is 2.71 bits per heavy atom. The van der Waals surface area contributed by atoms with Crippen molar-refractivity contribution in [2.24, 2.45) is 4.99 Å². The summed E-state index contributed by atoms with van der Waals surface area (Å²) in [6, 6.07) is 9.79. The van der Waals surface area contributed by atoms with Crippen LogP contribution in [0.3, 0.4) is 0 Å². The van der Waals surface area contributed by atoms with E-state index in [1.807, 2.05) is 13.0 Å². The molecule has 1 aliphatic carbocycles. The summed E-state index contributed by atoms with van der Waals surface area (Å²) in [5, 5.41) is 28.0. The van der Waals surface area contributed by atoms with Crippen molar-refractivity contribution < 1.29 is 14.6 Å². The molecule has 158 valence electrons. The number of benzene rings is 1. The van der Waals surface area contributed by atoms with Gasteiger partial charge < -0.3 is 15.5 Å². The van der Waals surface area contributed by atoms with Crippen LogP contribution in [0.1, 0.15) is 36.9 Å². The predicted octanol–water partition coefficient (Wildman–Crippen LogP) is 2.39. The van der Waals surface area contributed by atoms with Crippen LogP contribution in [0.15, 0.2) is 47.6 Å². The van der Waals surface area contributed by atoms with E-state index in [1.165, 1.54) is 18.2 Å². The standard InChI is InChI=1S/C22H21FN6O2/c1-12(13-2-4-16(23)5-3-13)25-18-10-19(26-17-6-7-17)29-21(27-18)15(11-24-29)8-14-9-20(30)28-22(14)31/h2-5,8-12,17,25,28,30-31H,6-7H2,1H3/t12-/m0/s1. The molecule has 9 heteroatoms. The highest BCUT2D eigenvalue weighted by Gasteiger charge is 2.20. The normalized spacial score (nSPS) is 16.2. The molecular formula is C22H21FN6O2. The fourth-order valence-corrected chi connectivity index (χ4v) is 3.40. The lowest BCUT2D eigenvalue weighted by molar-refractivity contribution is 0.425. The lowest BCUT2D eigenvalue weighted by Crippen LogP contribution is -2.21. The van der Waals surface area contributed by atoms with Gasteiger partial charge in [0.25, 0.3) is 0 Å². The number of H-pyrrole nitrogens is 1. The maximum atomic E-state index is 13.3. The number of aromatic hydroxyl groups is 2. The molecule has 5 rings (SSSR count). The molecule has 1 atom stereocenters. The Morgan fingerprint density at radius 1 is 1.26 bits per heavy atom. The number of nitrogens with zero attached hydrogens (tertiary/aromatic N) is 4. The van der Waals surface area contributed by atoms with Gasteiger partial charge in [0, 0.05) is 29.0 Å². The molecule has 0 spiro atoms. The minimum atomic E-state index is -0.278. The zero-order valence-electron chi connectivity index (χ0n) is 16.7. The van der Waals surface area contributed by atoms with E-state index in [-0.39, 0.29) is 29.7 Å². The smallest absolute Gasteiger partial charge is 0.198 e.